The van der Waals surface area contributed by atoms with Crippen molar-refractivity contribution in [1.29, 1.82) is 0 Å². The van der Waals surface area contributed by atoms with E-state index in [9.17, 15) is 33.2 Å². The molecule has 16 heteroatoms. The number of carbonyl (C=O) groups is 6. The van der Waals surface area contributed by atoms with Crippen molar-refractivity contribution in [2.45, 2.75) is 89.2 Å². The quantitative estimate of drug-likeness (QED) is 0.105. The molecule has 71 heavy (non-hydrogen) atoms. The van der Waals surface area contributed by atoms with E-state index in [-0.39, 0.29) is 65.4 Å². The normalized spacial score (nSPS) is 22.4. The number of piperazine rings is 1. The molecule has 4 aliphatic heterocycles. The molecule has 2 N–H and O–H groups in total. The van der Waals surface area contributed by atoms with E-state index in [0.717, 1.165) is 119 Å². The number of carbonyl (C=O) groups excluding carboxylic acids is 6. The van der Waals surface area contributed by atoms with Gasteiger partial charge in [0.15, 0.2) is 6.29 Å². The first kappa shape index (κ1) is 49.7. The lowest BCUT2D eigenvalue weighted by atomic mass is 9.73. The number of likely N-dealkylation sites (N-methyl/N-ethyl adjacent to an activating group) is 1. The number of nitrogens with zero attached hydrogens (tertiary/aromatic N) is 6. The molecule has 2 atom stereocenters. The average molecular weight is 971 g/mol. The Morgan fingerprint density at radius 1 is 0.859 bits per heavy atom. The molecule has 4 aromatic rings. The SMILES string of the molecule is CC(C(=O)Nc1cccc(OC2CCN(C(=O)CN3CCC(CN4CCN(c5ccc(C=O)c(C(=O)N(C)C6CCC(=O)NC6=O)c5)CC4)CC3)CC2)c1)C1CCC(c2ccnc3ccc(F)cc23)CC1. The molecule has 15 nitrogen and oxygen atoms in total. The number of benzene rings is 3. The highest BCUT2D eigenvalue weighted by Crippen LogP contribution is 2.41. The minimum absolute atomic E-state index is 0.000844. The van der Waals surface area contributed by atoms with E-state index in [0.29, 0.717) is 49.2 Å². The number of aldehydes is 1. The maximum atomic E-state index is 14.1. The van der Waals surface area contributed by atoms with Crippen molar-refractivity contribution in [1.82, 2.24) is 29.9 Å². The second-order valence-corrected chi connectivity index (χ2v) is 20.5. The number of likely N-dealkylation sites (tertiary alicyclic amines) is 2. The minimum Gasteiger partial charge on any atom is -0.490 e. The van der Waals surface area contributed by atoms with E-state index >= 15 is 0 Å². The number of hydrogen-bond donors (Lipinski definition) is 2. The van der Waals surface area contributed by atoms with Crippen LogP contribution < -0.4 is 20.3 Å². The second-order valence-electron chi connectivity index (χ2n) is 20.5. The molecule has 3 aromatic carbocycles. The van der Waals surface area contributed by atoms with Crippen LogP contribution in [0.3, 0.4) is 0 Å². The summed E-state index contributed by atoms with van der Waals surface area (Å²) in [5, 5.41) is 6.32. The van der Waals surface area contributed by atoms with Crippen LogP contribution in [0.15, 0.2) is 72.9 Å². The lowest BCUT2D eigenvalue weighted by molar-refractivity contribution is -0.137. The summed E-state index contributed by atoms with van der Waals surface area (Å²) in [5.41, 5.74) is 4.02. The molecule has 376 valence electrons. The molecular formula is C55H67FN8O7. The number of amides is 5. The number of anilines is 2. The average Bonchev–Trinajstić information content (AvgIpc) is 3.39. The summed E-state index contributed by atoms with van der Waals surface area (Å²) in [4.78, 5) is 91.3. The van der Waals surface area contributed by atoms with E-state index < -0.39 is 17.9 Å². The fourth-order valence-electron chi connectivity index (χ4n) is 11.5. The monoisotopic (exact) mass is 971 g/mol. The maximum Gasteiger partial charge on any atom is 0.255 e. The van der Waals surface area contributed by atoms with Gasteiger partial charge in [0, 0.05) is 113 Å². The highest BCUT2D eigenvalue weighted by molar-refractivity contribution is 6.06. The van der Waals surface area contributed by atoms with Crippen LogP contribution in [0.4, 0.5) is 15.8 Å². The molecule has 1 aromatic heterocycles. The Bertz CT molecular complexity index is 2600. The Labute approximate surface area is 415 Å². The summed E-state index contributed by atoms with van der Waals surface area (Å²) in [6.45, 7) is 9.81. The first-order valence-corrected chi connectivity index (χ1v) is 25.7. The van der Waals surface area contributed by atoms with Crippen LogP contribution in [-0.4, -0.2) is 145 Å². The Morgan fingerprint density at radius 2 is 1.62 bits per heavy atom. The Morgan fingerprint density at radius 3 is 2.35 bits per heavy atom. The van der Waals surface area contributed by atoms with Gasteiger partial charge in [-0.3, -0.25) is 48.9 Å². The van der Waals surface area contributed by atoms with Gasteiger partial charge in [-0.05, 0) is 136 Å². The molecular weight excluding hydrogens is 904 g/mol. The van der Waals surface area contributed by atoms with E-state index in [4.69, 9.17) is 4.74 Å². The zero-order valence-electron chi connectivity index (χ0n) is 41.0. The number of ether oxygens (including phenoxy) is 1. The highest BCUT2D eigenvalue weighted by Gasteiger charge is 2.35. The van der Waals surface area contributed by atoms with Crippen molar-refractivity contribution < 1.29 is 37.9 Å². The van der Waals surface area contributed by atoms with Gasteiger partial charge in [-0.15, -0.1) is 0 Å². The summed E-state index contributed by atoms with van der Waals surface area (Å²) in [6.07, 6.45) is 10.2. The van der Waals surface area contributed by atoms with E-state index in [1.807, 2.05) is 54.4 Å². The molecule has 0 spiro atoms. The van der Waals surface area contributed by atoms with Gasteiger partial charge < -0.3 is 24.8 Å². The van der Waals surface area contributed by atoms with E-state index in [1.54, 1.807) is 24.3 Å². The molecule has 1 saturated carbocycles. The number of aromatic nitrogens is 1. The summed E-state index contributed by atoms with van der Waals surface area (Å²) < 4.78 is 20.5. The minimum atomic E-state index is -0.777. The van der Waals surface area contributed by atoms with Gasteiger partial charge in [0.05, 0.1) is 17.6 Å². The fourth-order valence-corrected chi connectivity index (χ4v) is 11.5. The molecule has 4 saturated heterocycles. The van der Waals surface area contributed by atoms with Gasteiger partial charge in [0.2, 0.25) is 23.6 Å². The Hall–Kier alpha value is -6.26. The summed E-state index contributed by atoms with van der Waals surface area (Å²) >= 11 is 0. The molecule has 5 fully saturated rings. The highest BCUT2D eigenvalue weighted by atomic mass is 19.1. The van der Waals surface area contributed by atoms with Gasteiger partial charge in [0.1, 0.15) is 23.7 Å². The number of imide groups is 1. The fraction of sp³-hybridized carbons (Fsp3) is 0.509. The van der Waals surface area contributed by atoms with Crippen LogP contribution in [0, 0.1) is 23.6 Å². The number of pyridine rings is 1. The number of fused-ring (bicyclic) bond motifs is 1. The van der Waals surface area contributed by atoms with Crippen molar-refractivity contribution in [2.24, 2.45) is 17.8 Å². The zero-order valence-corrected chi connectivity index (χ0v) is 41.0. The largest absolute Gasteiger partial charge is 0.490 e. The summed E-state index contributed by atoms with van der Waals surface area (Å²) in [7, 11) is 1.53. The third kappa shape index (κ3) is 11.9. The van der Waals surface area contributed by atoms with Gasteiger partial charge in [-0.2, -0.15) is 0 Å². The Kier molecular flexibility index (Phi) is 15.7. The summed E-state index contributed by atoms with van der Waals surface area (Å²) in [6, 6.07) is 18.9. The maximum absolute atomic E-state index is 14.1. The van der Waals surface area contributed by atoms with Crippen LogP contribution in [0.2, 0.25) is 0 Å². The van der Waals surface area contributed by atoms with Gasteiger partial charge >= 0.3 is 0 Å². The van der Waals surface area contributed by atoms with Crippen LogP contribution in [0.25, 0.3) is 10.9 Å². The third-order valence-electron chi connectivity index (χ3n) is 16.0. The first-order chi connectivity index (χ1) is 34.4. The first-order valence-electron chi connectivity index (χ1n) is 25.7. The Balaban J connectivity index is 0.663. The number of rotatable bonds is 14. The lowest BCUT2D eigenvalue weighted by Crippen LogP contribution is -2.53. The van der Waals surface area contributed by atoms with Crippen LogP contribution in [0.1, 0.15) is 103 Å². The molecule has 5 amide bonds. The predicted octanol–water partition coefficient (Wildman–Crippen LogP) is 6.52. The van der Waals surface area contributed by atoms with Crippen molar-refractivity contribution in [3.63, 3.8) is 0 Å². The van der Waals surface area contributed by atoms with Crippen molar-refractivity contribution in [3.05, 3.63) is 95.4 Å². The molecule has 2 unspecified atom stereocenters. The van der Waals surface area contributed by atoms with Gasteiger partial charge in [-0.1, -0.05) is 13.0 Å². The summed E-state index contributed by atoms with van der Waals surface area (Å²) in [5.74, 6) is 0.314. The molecule has 9 rings (SSSR count). The zero-order chi connectivity index (χ0) is 49.6. The van der Waals surface area contributed by atoms with Crippen LogP contribution >= 0.6 is 0 Å². The van der Waals surface area contributed by atoms with Gasteiger partial charge in [-0.25, -0.2) is 4.39 Å². The smallest absolute Gasteiger partial charge is 0.255 e. The standard InChI is InChI=1S/C55H67FN8O7/c1-36(38-6-8-39(9-7-38)46-16-21-57-49-13-11-41(56)30-48(46)49)53(68)58-42-4-3-5-45(31-42)71-44-19-24-64(25-20-44)52(67)34-61-22-17-37(18-23-61)33-62-26-28-63(29-27-62)43-12-10-40(35-65)47(32-43)55(70)60(2)50-14-15-51(66)59-54(50)69/h3-5,10-13,16,21,30-32,35-39,44,50H,6-9,14-15,17-20,22-29,33-34H2,1-2H3,(H,58,68)(H,59,66,69). The molecule has 5 aliphatic rings. The number of piperidine rings is 3. The number of halogens is 1. The van der Waals surface area contributed by atoms with E-state index in [2.05, 4.69) is 30.3 Å². The van der Waals surface area contributed by atoms with Crippen LogP contribution in [-0.2, 0) is 19.2 Å². The predicted molar refractivity (Wildman–Crippen MR) is 269 cm³/mol. The molecule has 0 bridgehead atoms. The third-order valence-corrected chi connectivity index (χ3v) is 16.0. The van der Waals surface area contributed by atoms with Crippen molar-refractivity contribution in [2.75, 3.05) is 82.7 Å². The van der Waals surface area contributed by atoms with Crippen LogP contribution in [0.5, 0.6) is 5.75 Å². The van der Waals surface area contributed by atoms with E-state index in [1.165, 1.54) is 18.0 Å². The number of nitrogens with one attached hydrogen (secondary N) is 2. The second kappa shape index (κ2) is 22.4. The van der Waals surface area contributed by atoms with Crippen molar-refractivity contribution >= 4 is 58.1 Å². The molecule has 0 radical (unpaired) electrons. The van der Waals surface area contributed by atoms with Crippen molar-refractivity contribution in [3.8, 4) is 5.75 Å². The van der Waals surface area contributed by atoms with Gasteiger partial charge in [0.25, 0.3) is 5.91 Å². The molecule has 5 heterocycles. The topological polar surface area (TPSA) is 165 Å². The molecule has 1 aliphatic carbocycles. The lowest BCUT2D eigenvalue weighted by Gasteiger charge is -2.40. The number of hydrogen-bond acceptors (Lipinski definition) is 11.